The van der Waals surface area contributed by atoms with Gasteiger partial charge < -0.3 is 43.6 Å². The molecule has 0 spiro atoms. The number of carboxylic acids is 2. The van der Waals surface area contributed by atoms with Crippen LogP contribution in [-0.4, -0.2) is 67.7 Å². The summed E-state index contributed by atoms with van der Waals surface area (Å²) < 4.78 is 0. The van der Waals surface area contributed by atoms with Crippen molar-refractivity contribution in [1.82, 2.24) is 0 Å². The van der Waals surface area contributed by atoms with Gasteiger partial charge in [-0.1, -0.05) is 0 Å². The second kappa shape index (κ2) is 19.1. The first kappa shape index (κ1) is 48.4. The van der Waals surface area contributed by atoms with Crippen LogP contribution >= 0.6 is 0 Å². The molecule has 19 heteroatoms. The van der Waals surface area contributed by atoms with E-state index < -0.39 is 35.6 Å². The van der Waals surface area contributed by atoms with Crippen molar-refractivity contribution < 1.29 is 110 Å². The molecule has 2 aliphatic rings. The molecule has 0 unspecified atom stereocenters. The van der Waals surface area contributed by atoms with Crippen LogP contribution in [0.3, 0.4) is 0 Å². The molecule has 2 aliphatic heterocycles. The number of carbonyl (C=O) groups excluding carboxylic acids is 4. The number of nitrogen functional groups attached to an aromatic ring is 2. The van der Waals surface area contributed by atoms with Crippen LogP contribution in [0.25, 0.3) is 0 Å². The third kappa shape index (κ3) is 9.13. The van der Waals surface area contributed by atoms with E-state index in [0.717, 1.165) is 9.80 Å². The average molecular weight is 813 g/mol. The normalized spacial score (nSPS) is 11.5. The first-order valence-electron chi connectivity index (χ1n) is 12.2. The molecule has 268 valence electrons. The molecule has 0 saturated heterocycles. The van der Waals surface area contributed by atoms with Gasteiger partial charge >= 0.3 is 28.4 Å². The van der Waals surface area contributed by atoms with Gasteiger partial charge in [0, 0.05) is 44.4 Å². The summed E-state index contributed by atoms with van der Waals surface area (Å²) in [6, 6.07) is 20.4. The van der Waals surface area contributed by atoms with Gasteiger partial charge in [0.05, 0.1) is 44.8 Å². The predicted octanol–water partition coefficient (Wildman–Crippen LogP) is 0.229. The number of amides is 4. The summed E-state index contributed by atoms with van der Waals surface area (Å²) in [4.78, 5) is 73.2. The molecule has 4 amide bonds. The van der Waals surface area contributed by atoms with E-state index in [0.29, 0.717) is 22.7 Å². The number of carboxylic acid groups (broad SMARTS) is 2. The van der Waals surface area contributed by atoms with Gasteiger partial charge in [0.25, 0.3) is 23.6 Å². The Morgan fingerprint density at radius 2 is 0.735 bits per heavy atom. The SMILES string of the molecule is Nc1ccc(N2C(=O)c3ccc(C(=O)O)cc3C2=O)cc1.Nc1ccc(N2C(=O)c3ccc(C(=O)O)cc3C2=O)cc1.O.O.O.O.[Ni+2].[Ni].[Ni]. The minimum absolute atomic E-state index is 0. The number of fused-ring (bicyclic) bond motifs is 2. The Bertz CT molecular complexity index is 1720. The minimum atomic E-state index is -1.15. The molecular formula is C30H28N4Ni3O12+2. The van der Waals surface area contributed by atoms with Gasteiger partial charge in [-0.25, -0.2) is 19.4 Å². The molecule has 6 rings (SSSR count). The smallest absolute Gasteiger partial charge is 0.478 e. The third-order valence-electron chi connectivity index (χ3n) is 6.57. The zero-order valence-corrected chi connectivity index (χ0v) is 27.4. The van der Waals surface area contributed by atoms with E-state index in [1.54, 1.807) is 48.5 Å². The number of anilines is 4. The summed E-state index contributed by atoms with van der Waals surface area (Å²) in [6.07, 6.45) is 0. The fourth-order valence-electron chi connectivity index (χ4n) is 4.46. The van der Waals surface area contributed by atoms with Crippen LogP contribution in [0, 0.1) is 0 Å². The molecule has 4 aromatic rings. The maximum absolute atomic E-state index is 12.3. The summed E-state index contributed by atoms with van der Waals surface area (Å²) in [5, 5.41) is 17.9. The first-order chi connectivity index (χ1) is 20.0. The van der Waals surface area contributed by atoms with E-state index in [1.165, 1.54) is 36.4 Å². The van der Waals surface area contributed by atoms with Crippen molar-refractivity contribution in [3.63, 3.8) is 0 Å². The molecule has 0 aliphatic carbocycles. The number of benzene rings is 4. The molecule has 0 atom stereocenters. The van der Waals surface area contributed by atoms with Crippen molar-refractivity contribution in [1.29, 1.82) is 0 Å². The summed E-state index contributed by atoms with van der Waals surface area (Å²) in [5.41, 5.74) is 13.5. The Morgan fingerprint density at radius 1 is 0.469 bits per heavy atom. The number of rotatable bonds is 4. The van der Waals surface area contributed by atoms with Gasteiger partial charge in [0.15, 0.2) is 0 Å². The fraction of sp³-hybridized carbons (Fsp3) is 0. The van der Waals surface area contributed by atoms with Crippen LogP contribution in [0.2, 0.25) is 0 Å². The number of hydrogen-bond acceptors (Lipinski definition) is 8. The Hall–Kier alpha value is -4.98. The van der Waals surface area contributed by atoms with Crippen molar-refractivity contribution in [2.24, 2.45) is 0 Å². The zero-order chi connectivity index (χ0) is 30.3. The van der Waals surface area contributed by atoms with E-state index in [4.69, 9.17) is 21.7 Å². The van der Waals surface area contributed by atoms with Crippen molar-refractivity contribution in [2.45, 2.75) is 0 Å². The molecule has 0 bridgehead atoms. The molecule has 0 saturated carbocycles. The van der Waals surface area contributed by atoms with E-state index in [-0.39, 0.29) is 105 Å². The van der Waals surface area contributed by atoms with Crippen LogP contribution in [0.15, 0.2) is 84.9 Å². The second-order valence-corrected chi connectivity index (χ2v) is 9.21. The number of nitrogens with two attached hydrogens (primary N) is 2. The maximum atomic E-state index is 12.3. The number of carbonyl (C=O) groups is 6. The Morgan fingerprint density at radius 3 is 1.00 bits per heavy atom. The van der Waals surface area contributed by atoms with Gasteiger partial charge in [-0.3, -0.25) is 19.2 Å². The van der Waals surface area contributed by atoms with Crippen LogP contribution < -0.4 is 21.3 Å². The third-order valence-corrected chi connectivity index (χ3v) is 6.57. The standard InChI is InChI=1S/2C15H10N2O4.3Ni.4H2O/c2*16-9-2-4-10(5-3-9)17-13(18)11-6-1-8(15(20)21)7-12(11)14(17)19;;;;;;;/h2*1-7H,16H2,(H,20,21);;;;4*1H2/q;;;;+2;;;;. The Kier molecular flexibility index (Phi) is 18.9. The van der Waals surface area contributed by atoms with Crippen LogP contribution in [0.4, 0.5) is 22.7 Å². The monoisotopic (exact) mass is 810 g/mol. The number of imide groups is 2. The molecule has 0 radical (unpaired) electrons. The molecule has 49 heavy (non-hydrogen) atoms. The van der Waals surface area contributed by atoms with Gasteiger partial charge in [-0.05, 0) is 84.9 Å². The quantitative estimate of drug-likeness (QED) is 0.123. The van der Waals surface area contributed by atoms with E-state index in [9.17, 15) is 28.8 Å². The van der Waals surface area contributed by atoms with Gasteiger partial charge in [0.1, 0.15) is 0 Å². The van der Waals surface area contributed by atoms with Crippen molar-refractivity contribution in [3.8, 4) is 0 Å². The van der Waals surface area contributed by atoms with Gasteiger partial charge in [-0.2, -0.15) is 0 Å². The molecule has 16 nitrogen and oxygen atoms in total. The van der Waals surface area contributed by atoms with Crippen LogP contribution in [0.5, 0.6) is 0 Å². The maximum Gasteiger partial charge on any atom is 2.00 e. The summed E-state index contributed by atoms with van der Waals surface area (Å²) in [5.74, 6) is -4.33. The topological polar surface area (TPSA) is 327 Å². The van der Waals surface area contributed by atoms with E-state index in [2.05, 4.69) is 0 Å². The largest absolute Gasteiger partial charge is 2.00 e. The van der Waals surface area contributed by atoms with Gasteiger partial charge in [0.2, 0.25) is 0 Å². The first-order valence-corrected chi connectivity index (χ1v) is 12.2. The second-order valence-electron chi connectivity index (χ2n) is 9.21. The minimum Gasteiger partial charge on any atom is -0.478 e. The number of hydrogen-bond donors (Lipinski definition) is 4. The van der Waals surface area contributed by atoms with Crippen LogP contribution in [0.1, 0.15) is 62.1 Å². The number of nitrogens with zero attached hydrogens (tertiary/aromatic N) is 2. The molecule has 14 N–H and O–H groups in total. The molecule has 2 heterocycles. The average Bonchev–Trinajstić information content (AvgIpc) is 3.37. The zero-order valence-electron chi connectivity index (χ0n) is 24.4. The predicted molar refractivity (Wildman–Crippen MR) is 165 cm³/mol. The van der Waals surface area contributed by atoms with Crippen molar-refractivity contribution in [3.05, 3.63) is 118 Å². The Balaban J connectivity index is -0.000000756. The van der Waals surface area contributed by atoms with Gasteiger partial charge in [-0.15, -0.1) is 0 Å². The van der Waals surface area contributed by atoms with Crippen molar-refractivity contribution >= 4 is 58.3 Å². The van der Waals surface area contributed by atoms with E-state index in [1.807, 2.05) is 0 Å². The molecule has 4 aromatic carbocycles. The Labute approximate surface area is 307 Å². The van der Waals surface area contributed by atoms with E-state index >= 15 is 0 Å². The number of aromatic carboxylic acids is 2. The van der Waals surface area contributed by atoms with Crippen molar-refractivity contribution in [2.75, 3.05) is 21.3 Å². The summed E-state index contributed by atoms with van der Waals surface area (Å²) >= 11 is 0. The molecule has 0 fully saturated rings. The molecular weight excluding hydrogens is 784 g/mol. The van der Waals surface area contributed by atoms with Crippen LogP contribution in [-0.2, 0) is 49.5 Å². The summed E-state index contributed by atoms with van der Waals surface area (Å²) in [6.45, 7) is 0. The molecule has 0 aromatic heterocycles. The summed E-state index contributed by atoms with van der Waals surface area (Å²) in [7, 11) is 0. The fourth-order valence-corrected chi connectivity index (χ4v) is 4.46.